The van der Waals surface area contributed by atoms with Gasteiger partial charge in [0.1, 0.15) is 11.6 Å². The summed E-state index contributed by atoms with van der Waals surface area (Å²) >= 11 is 0. The third-order valence-electron chi connectivity index (χ3n) is 1.98. The molecule has 3 nitrogen and oxygen atoms in total. The number of phenolic OH excluding ortho intramolecular Hbond substituents is 1. The second-order valence-corrected chi connectivity index (χ2v) is 4.90. The molecule has 0 spiro atoms. The van der Waals surface area contributed by atoms with Gasteiger partial charge in [0.25, 0.3) is 5.91 Å². The number of nitrogens with one attached hydrogen (secondary N) is 1. The standard InChI is InChI=1S/C12H16FNO2/c1-12(2,3)7-14-11(16)9-5-4-8(13)6-10(9)15/h4-6,15H,7H2,1-3H3,(H,14,16). The van der Waals surface area contributed by atoms with Crippen LogP contribution in [0.5, 0.6) is 5.75 Å². The number of halogens is 1. The predicted molar refractivity (Wildman–Crippen MR) is 59.9 cm³/mol. The number of aromatic hydroxyl groups is 1. The molecule has 0 unspecified atom stereocenters. The zero-order valence-corrected chi connectivity index (χ0v) is 9.67. The maximum Gasteiger partial charge on any atom is 0.255 e. The number of carbonyl (C=O) groups excluding carboxylic acids is 1. The maximum atomic E-state index is 12.7. The van der Waals surface area contributed by atoms with Crippen LogP contribution in [0.15, 0.2) is 18.2 Å². The smallest absolute Gasteiger partial charge is 0.255 e. The van der Waals surface area contributed by atoms with Gasteiger partial charge in [-0.15, -0.1) is 0 Å². The molecule has 16 heavy (non-hydrogen) atoms. The number of amides is 1. The molecule has 0 radical (unpaired) electrons. The first kappa shape index (κ1) is 12.5. The van der Waals surface area contributed by atoms with Gasteiger partial charge in [0.05, 0.1) is 5.56 Å². The molecule has 0 heterocycles. The zero-order chi connectivity index (χ0) is 12.3. The van der Waals surface area contributed by atoms with Crippen molar-refractivity contribution in [1.29, 1.82) is 0 Å². The summed E-state index contributed by atoms with van der Waals surface area (Å²) in [5, 5.41) is 12.1. The van der Waals surface area contributed by atoms with E-state index in [1.165, 1.54) is 6.07 Å². The minimum atomic E-state index is -0.565. The zero-order valence-electron chi connectivity index (χ0n) is 9.67. The van der Waals surface area contributed by atoms with Gasteiger partial charge >= 0.3 is 0 Å². The van der Waals surface area contributed by atoms with Crippen LogP contribution >= 0.6 is 0 Å². The summed E-state index contributed by atoms with van der Waals surface area (Å²) in [4.78, 5) is 11.6. The number of hydrogen-bond donors (Lipinski definition) is 2. The van der Waals surface area contributed by atoms with Crippen LogP contribution in [0.25, 0.3) is 0 Å². The van der Waals surface area contributed by atoms with Gasteiger partial charge in [-0.25, -0.2) is 4.39 Å². The van der Waals surface area contributed by atoms with Crippen LogP contribution in [0.4, 0.5) is 4.39 Å². The predicted octanol–water partition coefficient (Wildman–Crippen LogP) is 2.31. The Kier molecular flexibility index (Phi) is 3.52. The van der Waals surface area contributed by atoms with E-state index in [0.717, 1.165) is 12.1 Å². The lowest BCUT2D eigenvalue weighted by atomic mass is 9.97. The number of phenols is 1. The highest BCUT2D eigenvalue weighted by Gasteiger charge is 2.15. The van der Waals surface area contributed by atoms with Crippen LogP contribution in [-0.2, 0) is 0 Å². The molecule has 1 amide bonds. The highest BCUT2D eigenvalue weighted by molar-refractivity contribution is 5.96. The van der Waals surface area contributed by atoms with E-state index >= 15 is 0 Å². The minimum Gasteiger partial charge on any atom is -0.507 e. The van der Waals surface area contributed by atoms with Crippen LogP contribution in [0.2, 0.25) is 0 Å². The molecule has 0 fully saturated rings. The van der Waals surface area contributed by atoms with Gasteiger partial charge in [-0.1, -0.05) is 20.8 Å². The van der Waals surface area contributed by atoms with Gasteiger partial charge in [-0.2, -0.15) is 0 Å². The molecule has 1 aromatic carbocycles. The van der Waals surface area contributed by atoms with Crippen LogP contribution in [0.3, 0.4) is 0 Å². The van der Waals surface area contributed by atoms with E-state index in [0.29, 0.717) is 6.54 Å². The highest BCUT2D eigenvalue weighted by Crippen LogP contribution is 2.18. The quantitative estimate of drug-likeness (QED) is 0.811. The number of hydrogen-bond acceptors (Lipinski definition) is 2. The van der Waals surface area contributed by atoms with Gasteiger partial charge in [-0.3, -0.25) is 4.79 Å². The van der Waals surface area contributed by atoms with Gasteiger partial charge in [-0.05, 0) is 17.5 Å². The molecule has 0 aliphatic rings. The summed E-state index contributed by atoms with van der Waals surface area (Å²) in [5.41, 5.74) is 0.0522. The van der Waals surface area contributed by atoms with Crippen LogP contribution in [0, 0.1) is 11.2 Å². The van der Waals surface area contributed by atoms with Crippen molar-refractivity contribution in [2.75, 3.05) is 6.54 Å². The monoisotopic (exact) mass is 225 g/mol. The first-order valence-electron chi connectivity index (χ1n) is 5.06. The second kappa shape index (κ2) is 4.51. The molecular weight excluding hydrogens is 209 g/mol. The van der Waals surface area contributed by atoms with Crippen molar-refractivity contribution in [3.8, 4) is 5.75 Å². The molecule has 4 heteroatoms. The molecule has 88 valence electrons. The molecule has 1 aromatic rings. The van der Waals surface area contributed by atoms with Gasteiger partial charge in [0.15, 0.2) is 0 Å². The first-order valence-corrected chi connectivity index (χ1v) is 5.06. The Morgan fingerprint density at radius 1 is 1.44 bits per heavy atom. The number of carbonyl (C=O) groups is 1. The normalized spacial score (nSPS) is 11.2. The first-order chi connectivity index (χ1) is 7.29. The molecule has 0 bridgehead atoms. The Balaban J connectivity index is 2.74. The van der Waals surface area contributed by atoms with E-state index in [2.05, 4.69) is 5.32 Å². The summed E-state index contributed by atoms with van der Waals surface area (Å²) in [6, 6.07) is 3.33. The summed E-state index contributed by atoms with van der Waals surface area (Å²) in [5.74, 6) is -1.30. The van der Waals surface area contributed by atoms with E-state index in [1.54, 1.807) is 0 Å². The van der Waals surface area contributed by atoms with E-state index < -0.39 is 11.7 Å². The lowest BCUT2D eigenvalue weighted by molar-refractivity contribution is 0.0936. The van der Waals surface area contributed by atoms with Crippen LogP contribution in [-0.4, -0.2) is 17.6 Å². The van der Waals surface area contributed by atoms with Crippen molar-refractivity contribution < 1.29 is 14.3 Å². The van der Waals surface area contributed by atoms with Crippen LogP contribution < -0.4 is 5.32 Å². The third kappa shape index (κ3) is 3.53. The summed E-state index contributed by atoms with van der Waals surface area (Å²) in [6.45, 7) is 6.44. The average Bonchev–Trinajstić information content (AvgIpc) is 2.13. The molecule has 2 N–H and O–H groups in total. The van der Waals surface area contributed by atoms with E-state index in [1.807, 2.05) is 20.8 Å². The third-order valence-corrected chi connectivity index (χ3v) is 1.98. The van der Waals surface area contributed by atoms with Crippen molar-refractivity contribution in [2.24, 2.45) is 5.41 Å². The van der Waals surface area contributed by atoms with Crippen LogP contribution in [0.1, 0.15) is 31.1 Å². The molecule has 0 saturated carbocycles. The van der Waals surface area contributed by atoms with Crippen molar-refractivity contribution in [3.63, 3.8) is 0 Å². The largest absolute Gasteiger partial charge is 0.507 e. The molecular formula is C12H16FNO2. The second-order valence-electron chi connectivity index (χ2n) is 4.90. The van der Waals surface area contributed by atoms with Crippen molar-refractivity contribution in [3.05, 3.63) is 29.6 Å². The fraction of sp³-hybridized carbons (Fsp3) is 0.417. The Bertz CT molecular complexity index is 396. The van der Waals surface area contributed by atoms with Crippen molar-refractivity contribution >= 4 is 5.91 Å². The molecule has 1 rings (SSSR count). The topological polar surface area (TPSA) is 49.3 Å². The fourth-order valence-electron chi connectivity index (χ4n) is 1.14. The maximum absolute atomic E-state index is 12.7. The van der Waals surface area contributed by atoms with Crippen molar-refractivity contribution in [1.82, 2.24) is 5.32 Å². The van der Waals surface area contributed by atoms with Crippen molar-refractivity contribution in [2.45, 2.75) is 20.8 Å². The summed E-state index contributed by atoms with van der Waals surface area (Å²) in [6.07, 6.45) is 0. The molecule has 0 saturated heterocycles. The Hall–Kier alpha value is -1.58. The Morgan fingerprint density at radius 2 is 2.06 bits per heavy atom. The highest BCUT2D eigenvalue weighted by atomic mass is 19.1. The van der Waals surface area contributed by atoms with E-state index in [9.17, 15) is 14.3 Å². The lowest BCUT2D eigenvalue weighted by Crippen LogP contribution is -2.32. The average molecular weight is 225 g/mol. The van der Waals surface area contributed by atoms with E-state index in [4.69, 9.17) is 0 Å². The SMILES string of the molecule is CC(C)(C)CNC(=O)c1ccc(F)cc1O. The van der Waals surface area contributed by atoms with Gasteiger partial charge < -0.3 is 10.4 Å². The summed E-state index contributed by atoms with van der Waals surface area (Å²) < 4.78 is 12.7. The van der Waals surface area contributed by atoms with E-state index in [-0.39, 0.29) is 16.7 Å². The Labute approximate surface area is 94.3 Å². The summed E-state index contributed by atoms with van der Waals surface area (Å²) in [7, 11) is 0. The van der Waals surface area contributed by atoms with Gasteiger partial charge in [0, 0.05) is 12.6 Å². The Morgan fingerprint density at radius 3 is 2.56 bits per heavy atom. The number of rotatable bonds is 2. The molecule has 0 atom stereocenters. The van der Waals surface area contributed by atoms with Gasteiger partial charge in [0.2, 0.25) is 0 Å². The minimum absolute atomic E-state index is 0.0364. The molecule has 0 aliphatic heterocycles. The lowest BCUT2D eigenvalue weighted by Gasteiger charge is -2.18. The molecule has 0 aromatic heterocycles. The molecule has 0 aliphatic carbocycles. The number of benzene rings is 1. The fourth-order valence-corrected chi connectivity index (χ4v) is 1.14.